The molecule has 2 saturated heterocycles. The quantitative estimate of drug-likeness (QED) is 0.348. The van der Waals surface area contributed by atoms with Crippen LogP contribution in [0.1, 0.15) is 28.8 Å². The summed E-state index contributed by atoms with van der Waals surface area (Å²) < 4.78 is 62.6. The second-order valence-electron chi connectivity index (χ2n) is 12.9. The number of benzene rings is 2. The number of hydrogen-bond donors (Lipinski definition) is 2. The number of piperazine rings is 1. The fourth-order valence-electron chi connectivity index (χ4n) is 6.91. The smallest absolute Gasteiger partial charge is 0.417 e. The molecule has 0 saturated carbocycles. The highest BCUT2D eigenvalue weighted by atomic mass is 19.4. The summed E-state index contributed by atoms with van der Waals surface area (Å²) in [5.41, 5.74) is -0.801. The van der Waals surface area contributed by atoms with E-state index in [4.69, 9.17) is 4.74 Å². The number of likely N-dealkylation sites (N-methyl/N-ethyl adjacent to an activating group) is 1. The standard InChI is InChI=1S/C35H38F4N8O3/c1-23-17-26(35(37,38)39)25(18-40)31(42-23)43-28-11-12-46(30-27(36)9-6-10-29(30)44(2)32(28)48)15-13-45-14-16-47(34(22-45)20-41-21-34)33(49)50-19-24-7-4-3-5-8-24/h3-10,17,28,41H,11-16,19-22H2,1-2H3,(H,42,43)/t28-/m0/s1. The van der Waals surface area contributed by atoms with E-state index in [1.54, 1.807) is 17.0 Å². The van der Waals surface area contributed by atoms with Crippen LogP contribution in [0.2, 0.25) is 0 Å². The predicted molar refractivity (Wildman–Crippen MR) is 178 cm³/mol. The van der Waals surface area contributed by atoms with Gasteiger partial charge in [-0.25, -0.2) is 14.2 Å². The third-order valence-corrected chi connectivity index (χ3v) is 9.59. The number of fused-ring (bicyclic) bond motifs is 1. The van der Waals surface area contributed by atoms with E-state index < -0.39 is 40.6 Å². The zero-order valence-electron chi connectivity index (χ0n) is 27.8. The molecule has 2 fully saturated rings. The molecule has 2 N–H and O–H groups in total. The number of rotatable bonds is 7. The number of alkyl halides is 3. The highest BCUT2D eigenvalue weighted by molar-refractivity contribution is 6.01. The molecule has 0 radical (unpaired) electrons. The summed E-state index contributed by atoms with van der Waals surface area (Å²) in [7, 11) is 1.48. The molecule has 2 amide bonds. The summed E-state index contributed by atoms with van der Waals surface area (Å²) in [5, 5.41) is 15.8. The highest BCUT2D eigenvalue weighted by Crippen LogP contribution is 2.37. The number of ether oxygens (including phenoxy) is 1. The van der Waals surface area contributed by atoms with Crippen molar-refractivity contribution >= 4 is 29.2 Å². The Balaban J connectivity index is 1.18. The lowest BCUT2D eigenvalue weighted by atomic mass is 9.87. The lowest BCUT2D eigenvalue weighted by molar-refractivity contribution is -0.137. The van der Waals surface area contributed by atoms with Crippen LogP contribution < -0.4 is 20.4 Å². The fourth-order valence-corrected chi connectivity index (χ4v) is 6.91. The van der Waals surface area contributed by atoms with E-state index in [2.05, 4.69) is 20.5 Å². The van der Waals surface area contributed by atoms with Crippen molar-refractivity contribution in [1.29, 1.82) is 5.26 Å². The van der Waals surface area contributed by atoms with Crippen molar-refractivity contribution in [2.24, 2.45) is 0 Å². The molecule has 1 aromatic heterocycles. The van der Waals surface area contributed by atoms with Crippen LogP contribution in [0.4, 0.5) is 39.5 Å². The van der Waals surface area contributed by atoms with Gasteiger partial charge in [0.1, 0.15) is 35.9 Å². The van der Waals surface area contributed by atoms with Crippen LogP contribution in [0.3, 0.4) is 0 Å². The molecule has 4 heterocycles. The van der Waals surface area contributed by atoms with Crippen molar-refractivity contribution in [2.75, 3.05) is 74.5 Å². The van der Waals surface area contributed by atoms with Crippen molar-refractivity contribution in [3.8, 4) is 6.07 Å². The molecule has 1 atom stereocenters. The maximum absolute atomic E-state index is 15.5. The summed E-state index contributed by atoms with van der Waals surface area (Å²) in [6.07, 6.45) is -5.08. The van der Waals surface area contributed by atoms with Crippen molar-refractivity contribution in [2.45, 2.75) is 37.7 Å². The number of pyridine rings is 1. The second kappa shape index (κ2) is 14.1. The van der Waals surface area contributed by atoms with Crippen LogP contribution in [0.25, 0.3) is 0 Å². The van der Waals surface area contributed by atoms with Crippen LogP contribution >= 0.6 is 0 Å². The highest BCUT2D eigenvalue weighted by Gasteiger charge is 2.49. The summed E-state index contributed by atoms with van der Waals surface area (Å²) in [6.45, 7) is 5.46. The number of hydrogen-bond acceptors (Lipinski definition) is 9. The summed E-state index contributed by atoms with van der Waals surface area (Å²) in [5.74, 6) is -1.36. The fraction of sp³-hybridized carbons (Fsp3) is 0.429. The van der Waals surface area contributed by atoms with Crippen molar-refractivity contribution in [3.05, 3.63) is 82.8 Å². The van der Waals surface area contributed by atoms with Gasteiger partial charge in [0.2, 0.25) is 5.91 Å². The van der Waals surface area contributed by atoms with Crippen molar-refractivity contribution in [1.82, 2.24) is 20.1 Å². The maximum Gasteiger partial charge on any atom is 0.417 e. The Kier molecular flexibility index (Phi) is 9.86. The largest absolute Gasteiger partial charge is 0.445 e. The van der Waals surface area contributed by atoms with E-state index in [0.29, 0.717) is 51.5 Å². The van der Waals surface area contributed by atoms with Gasteiger partial charge in [0, 0.05) is 65.1 Å². The zero-order valence-corrected chi connectivity index (χ0v) is 27.8. The third kappa shape index (κ3) is 7.03. The molecule has 3 aromatic rings. The Hall–Kier alpha value is -4.94. The molecule has 3 aliphatic heterocycles. The van der Waals surface area contributed by atoms with Gasteiger partial charge < -0.3 is 25.2 Å². The average Bonchev–Trinajstić information content (AvgIpc) is 3.08. The zero-order chi connectivity index (χ0) is 35.6. The van der Waals surface area contributed by atoms with Crippen molar-refractivity contribution in [3.63, 3.8) is 0 Å². The molecule has 0 unspecified atom stereocenters. The number of aromatic nitrogens is 1. The SMILES string of the molecule is Cc1cc(C(F)(F)F)c(C#N)c(N[C@H]2CCN(CCN3CCN(C(=O)OCc4ccccc4)C4(CNC4)C3)c3c(F)cccc3N(C)C2=O)n1. The Morgan fingerprint density at radius 2 is 1.88 bits per heavy atom. The molecular weight excluding hydrogens is 656 g/mol. The Morgan fingerprint density at radius 3 is 2.56 bits per heavy atom. The van der Waals surface area contributed by atoms with Crippen LogP contribution in [-0.4, -0.2) is 97.8 Å². The minimum Gasteiger partial charge on any atom is -0.445 e. The molecule has 0 aliphatic carbocycles. The summed E-state index contributed by atoms with van der Waals surface area (Å²) >= 11 is 0. The normalized spacial score (nSPS) is 19.3. The Bertz CT molecular complexity index is 1780. The number of aryl methyl sites for hydroxylation is 1. The molecule has 264 valence electrons. The van der Waals surface area contributed by atoms with E-state index in [0.717, 1.165) is 11.6 Å². The number of para-hydroxylation sites is 1. The van der Waals surface area contributed by atoms with Gasteiger partial charge in [-0.1, -0.05) is 36.4 Å². The van der Waals surface area contributed by atoms with E-state index in [1.165, 1.54) is 31.0 Å². The van der Waals surface area contributed by atoms with Gasteiger partial charge in [0.15, 0.2) is 0 Å². The maximum atomic E-state index is 15.5. The van der Waals surface area contributed by atoms with Gasteiger partial charge in [-0.05, 0) is 37.1 Å². The molecular formula is C35H38F4N8O3. The van der Waals surface area contributed by atoms with Crippen LogP contribution in [0, 0.1) is 24.1 Å². The number of amides is 2. The van der Waals surface area contributed by atoms with E-state index >= 15 is 4.39 Å². The van der Waals surface area contributed by atoms with Gasteiger partial charge in [-0.15, -0.1) is 0 Å². The van der Waals surface area contributed by atoms with E-state index in [1.807, 2.05) is 35.2 Å². The molecule has 6 rings (SSSR count). The van der Waals surface area contributed by atoms with Crippen molar-refractivity contribution < 1.29 is 31.9 Å². The monoisotopic (exact) mass is 694 g/mol. The first-order valence-electron chi connectivity index (χ1n) is 16.4. The molecule has 2 aromatic carbocycles. The molecule has 15 heteroatoms. The minimum absolute atomic E-state index is 0.0310. The average molecular weight is 695 g/mol. The first kappa shape index (κ1) is 34.9. The van der Waals surface area contributed by atoms with Gasteiger partial charge >= 0.3 is 12.3 Å². The lowest BCUT2D eigenvalue weighted by Crippen LogP contribution is -2.77. The Labute approximate surface area is 287 Å². The second-order valence-corrected chi connectivity index (χ2v) is 12.9. The van der Waals surface area contributed by atoms with E-state index in [9.17, 15) is 28.0 Å². The molecule has 0 bridgehead atoms. The third-order valence-electron chi connectivity index (χ3n) is 9.59. The lowest BCUT2D eigenvalue weighted by Gasteiger charge is -2.55. The number of nitriles is 1. The van der Waals surface area contributed by atoms with Gasteiger partial charge in [0.05, 0.1) is 22.5 Å². The van der Waals surface area contributed by atoms with Gasteiger partial charge in [-0.3, -0.25) is 14.6 Å². The van der Waals surface area contributed by atoms with E-state index in [-0.39, 0.29) is 42.9 Å². The van der Waals surface area contributed by atoms with Crippen LogP contribution in [0.15, 0.2) is 54.6 Å². The molecule has 50 heavy (non-hydrogen) atoms. The number of nitrogens with one attached hydrogen (secondary N) is 2. The Morgan fingerprint density at radius 1 is 1.12 bits per heavy atom. The number of halogens is 4. The van der Waals surface area contributed by atoms with Gasteiger partial charge in [0.25, 0.3) is 0 Å². The first-order chi connectivity index (χ1) is 23.9. The predicted octanol–water partition coefficient (Wildman–Crippen LogP) is 4.37. The van der Waals surface area contributed by atoms with Crippen LogP contribution in [-0.2, 0) is 22.3 Å². The first-order valence-corrected chi connectivity index (χ1v) is 16.4. The molecule has 3 aliphatic rings. The number of carbonyl (C=O) groups is 2. The van der Waals surface area contributed by atoms with Gasteiger partial charge in [-0.2, -0.15) is 18.4 Å². The molecule has 11 nitrogen and oxygen atoms in total. The summed E-state index contributed by atoms with van der Waals surface area (Å²) in [6, 6.07) is 15.3. The van der Waals surface area contributed by atoms with Crippen LogP contribution in [0.5, 0.6) is 0 Å². The minimum atomic E-state index is -4.80. The molecule has 1 spiro atoms. The number of anilines is 3. The topological polar surface area (TPSA) is 117 Å². The number of nitrogens with zero attached hydrogens (tertiary/aromatic N) is 6. The summed E-state index contributed by atoms with van der Waals surface area (Å²) in [4.78, 5) is 38.2. The number of carbonyl (C=O) groups excluding carboxylic acids is 2.